The van der Waals surface area contributed by atoms with Crippen molar-refractivity contribution < 1.29 is 9.47 Å². The van der Waals surface area contributed by atoms with Crippen molar-refractivity contribution in [2.75, 3.05) is 6.61 Å². The van der Waals surface area contributed by atoms with Gasteiger partial charge in [-0.15, -0.1) is 0 Å². The van der Waals surface area contributed by atoms with Gasteiger partial charge in [-0.05, 0) is 22.3 Å². The summed E-state index contributed by atoms with van der Waals surface area (Å²) < 4.78 is 12.1. The minimum atomic E-state index is 0.0336. The van der Waals surface area contributed by atoms with Crippen LogP contribution in [0.15, 0.2) is 121 Å². The Hall–Kier alpha value is -3.24. The summed E-state index contributed by atoms with van der Waals surface area (Å²) >= 11 is 0. The topological polar surface area (TPSA) is 44.5 Å². The highest BCUT2D eigenvalue weighted by atomic mass is 16.5. The number of ether oxygens (including phenoxy) is 2. The van der Waals surface area contributed by atoms with E-state index in [1.807, 2.05) is 72.8 Å². The molecule has 4 aromatic carbocycles. The van der Waals surface area contributed by atoms with Crippen LogP contribution in [-0.4, -0.2) is 12.7 Å². The molecular weight excluding hydrogens is 406 g/mol. The molecule has 0 fully saturated rings. The lowest BCUT2D eigenvalue weighted by Crippen LogP contribution is -2.22. The molecule has 1 atom stereocenters. The van der Waals surface area contributed by atoms with Crippen molar-refractivity contribution in [1.29, 1.82) is 0 Å². The number of hydrogen-bond donors (Lipinski definition) is 1. The van der Waals surface area contributed by atoms with Crippen LogP contribution in [0.25, 0.3) is 0 Å². The zero-order chi connectivity index (χ0) is 23.0. The van der Waals surface area contributed by atoms with Crippen LogP contribution in [0, 0.1) is 0 Å². The van der Waals surface area contributed by atoms with Crippen LogP contribution in [0.1, 0.15) is 22.3 Å². The molecule has 3 heteroatoms. The molecular formula is C30H33NO2. The average molecular weight is 440 g/mol. The fourth-order valence-corrected chi connectivity index (χ4v) is 3.33. The lowest BCUT2D eigenvalue weighted by Gasteiger charge is -2.18. The minimum Gasteiger partial charge on any atom is -0.374 e. The Bertz CT molecular complexity index is 992. The summed E-state index contributed by atoms with van der Waals surface area (Å²) in [5.41, 5.74) is 10.2. The van der Waals surface area contributed by atoms with Crippen molar-refractivity contribution in [2.45, 2.75) is 32.3 Å². The molecule has 0 saturated carbocycles. The van der Waals surface area contributed by atoms with Gasteiger partial charge < -0.3 is 15.2 Å². The monoisotopic (exact) mass is 439 g/mol. The largest absolute Gasteiger partial charge is 0.374 e. The smallest absolute Gasteiger partial charge is 0.0853 e. The van der Waals surface area contributed by atoms with E-state index in [4.69, 9.17) is 15.2 Å². The van der Waals surface area contributed by atoms with Gasteiger partial charge in [0.1, 0.15) is 0 Å². The normalized spacial score (nSPS) is 11.3. The molecule has 4 aromatic rings. The lowest BCUT2D eigenvalue weighted by atomic mass is 10.1. The second kappa shape index (κ2) is 14.8. The summed E-state index contributed by atoms with van der Waals surface area (Å²) in [7, 11) is 0. The number of rotatable bonds is 10. The van der Waals surface area contributed by atoms with Crippen molar-refractivity contribution in [3.63, 3.8) is 0 Å². The highest BCUT2D eigenvalue weighted by molar-refractivity contribution is 5.17. The van der Waals surface area contributed by atoms with E-state index in [0.717, 1.165) is 6.42 Å². The minimum absolute atomic E-state index is 0.0336. The van der Waals surface area contributed by atoms with Gasteiger partial charge in [0.2, 0.25) is 0 Å². The Morgan fingerprint density at radius 2 is 0.939 bits per heavy atom. The van der Waals surface area contributed by atoms with Gasteiger partial charge in [-0.2, -0.15) is 0 Å². The van der Waals surface area contributed by atoms with Crippen molar-refractivity contribution in [3.05, 3.63) is 144 Å². The first-order valence-electron chi connectivity index (χ1n) is 11.4. The summed E-state index contributed by atoms with van der Waals surface area (Å²) in [5.74, 6) is 0. The molecule has 0 radical (unpaired) electrons. The summed E-state index contributed by atoms with van der Waals surface area (Å²) in [6, 6.07) is 40.9. The van der Waals surface area contributed by atoms with Gasteiger partial charge in [-0.1, -0.05) is 121 Å². The Kier molecular flexibility index (Phi) is 10.9. The van der Waals surface area contributed by atoms with Crippen LogP contribution in [0.2, 0.25) is 0 Å². The fraction of sp³-hybridized carbons (Fsp3) is 0.200. The summed E-state index contributed by atoms with van der Waals surface area (Å²) in [6.07, 6.45) is 0.883. The van der Waals surface area contributed by atoms with E-state index in [1.54, 1.807) is 0 Å². The van der Waals surface area contributed by atoms with Gasteiger partial charge in [0.25, 0.3) is 0 Å². The Balaban J connectivity index is 0.000000323. The summed E-state index contributed by atoms with van der Waals surface area (Å²) in [6.45, 7) is 2.44. The Morgan fingerprint density at radius 3 is 1.39 bits per heavy atom. The molecule has 170 valence electrons. The van der Waals surface area contributed by atoms with Gasteiger partial charge in [0.05, 0.1) is 25.9 Å². The third kappa shape index (κ3) is 9.84. The Morgan fingerprint density at radius 1 is 0.515 bits per heavy atom. The molecule has 0 amide bonds. The second-order valence-electron chi connectivity index (χ2n) is 7.80. The van der Waals surface area contributed by atoms with Gasteiger partial charge in [0, 0.05) is 13.0 Å². The van der Waals surface area contributed by atoms with Crippen molar-refractivity contribution in [1.82, 2.24) is 0 Å². The highest BCUT2D eigenvalue weighted by Crippen LogP contribution is 2.11. The molecule has 0 bridgehead atoms. The van der Waals surface area contributed by atoms with E-state index in [9.17, 15) is 0 Å². The van der Waals surface area contributed by atoms with Crippen LogP contribution in [0.3, 0.4) is 0 Å². The fourth-order valence-electron chi connectivity index (χ4n) is 3.33. The maximum Gasteiger partial charge on any atom is 0.0853 e. The summed E-state index contributed by atoms with van der Waals surface area (Å²) in [4.78, 5) is 0. The zero-order valence-corrected chi connectivity index (χ0v) is 19.1. The number of nitrogens with two attached hydrogens (primary N) is 1. The molecule has 3 nitrogen and oxygen atoms in total. The van der Waals surface area contributed by atoms with Crippen LogP contribution in [-0.2, 0) is 35.7 Å². The van der Waals surface area contributed by atoms with E-state index in [1.165, 1.54) is 22.3 Å². The lowest BCUT2D eigenvalue weighted by molar-refractivity contribution is -0.0290. The van der Waals surface area contributed by atoms with Crippen molar-refractivity contribution in [3.8, 4) is 0 Å². The Labute approximate surface area is 197 Å². The molecule has 0 spiro atoms. The number of hydrogen-bond acceptors (Lipinski definition) is 3. The maximum atomic E-state index is 6.15. The maximum absolute atomic E-state index is 6.15. The molecule has 33 heavy (non-hydrogen) atoms. The van der Waals surface area contributed by atoms with E-state index in [2.05, 4.69) is 48.5 Å². The molecule has 0 aliphatic carbocycles. The molecule has 0 saturated heterocycles. The molecule has 4 rings (SSSR count). The SMILES string of the molecule is NCc1ccccc1.c1ccc(COC[C@H](Cc2ccccc2)OCc2ccccc2)cc1. The first kappa shape index (κ1) is 24.4. The predicted molar refractivity (Wildman–Crippen MR) is 136 cm³/mol. The average Bonchev–Trinajstić information content (AvgIpc) is 2.90. The molecule has 0 aliphatic heterocycles. The van der Waals surface area contributed by atoms with Gasteiger partial charge in [-0.25, -0.2) is 0 Å². The van der Waals surface area contributed by atoms with Crippen LogP contribution in [0.5, 0.6) is 0 Å². The van der Waals surface area contributed by atoms with Crippen LogP contribution >= 0.6 is 0 Å². The standard InChI is InChI=1S/C23H24O2.C7H9N/c1-4-10-20(11-5-1)16-23(25-18-22-14-8-3-9-15-22)19-24-17-21-12-6-2-7-13-21;8-6-7-4-2-1-3-5-7/h1-15,23H,16-19H2;1-5H,6,8H2/t23-;/m0./s1. The van der Waals surface area contributed by atoms with Gasteiger partial charge >= 0.3 is 0 Å². The van der Waals surface area contributed by atoms with Crippen molar-refractivity contribution >= 4 is 0 Å². The third-order valence-electron chi connectivity index (χ3n) is 5.13. The first-order chi connectivity index (χ1) is 16.3. The van der Waals surface area contributed by atoms with Crippen molar-refractivity contribution in [2.24, 2.45) is 5.73 Å². The van der Waals surface area contributed by atoms with E-state index >= 15 is 0 Å². The van der Waals surface area contributed by atoms with Crippen LogP contribution < -0.4 is 5.73 Å². The van der Waals surface area contributed by atoms with E-state index in [0.29, 0.717) is 26.4 Å². The predicted octanol–water partition coefficient (Wildman–Crippen LogP) is 6.18. The summed E-state index contributed by atoms with van der Waals surface area (Å²) in [5, 5.41) is 0. The third-order valence-corrected chi connectivity index (χ3v) is 5.13. The van der Waals surface area contributed by atoms with E-state index < -0.39 is 0 Å². The molecule has 2 N–H and O–H groups in total. The second-order valence-corrected chi connectivity index (χ2v) is 7.80. The quantitative estimate of drug-likeness (QED) is 0.321. The zero-order valence-electron chi connectivity index (χ0n) is 19.1. The molecule has 0 heterocycles. The molecule has 0 aromatic heterocycles. The molecule has 0 unspecified atom stereocenters. The van der Waals surface area contributed by atoms with Crippen LogP contribution in [0.4, 0.5) is 0 Å². The first-order valence-corrected chi connectivity index (χ1v) is 11.4. The van der Waals surface area contributed by atoms with E-state index in [-0.39, 0.29) is 6.10 Å². The van der Waals surface area contributed by atoms with Gasteiger partial charge in [-0.3, -0.25) is 0 Å². The highest BCUT2D eigenvalue weighted by Gasteiger charge is 2.11. The number of benzene rings is 4. The van der Waals surface area contributed by atoms with Gasteiger partial charge in [0.15, 0.2) is 0 Å². The molecule has 0 aliphatic rings.